The van der Waals surface area contributed by atoms with Crippen LogP contribution in [0, 0.1) is 5.92 Å². The van der Waals surface area contributed by atoms with Crippen LogP contribution >= 0.6 is 0 Å². The molecule has 0 aliphatic carbocycles. The topological polar surface area (TPSA) is 44.4 Å². The van der Waals surface area contributed by atoms with E-state index in [1.54, 1.807) is 0 Å². The van der Waals surface area contributed by atoms with E-state index in [0.29, 0.717) is 5.92 Å². The molecule has 2 N–H and O–H groups in total. The van der Waals surface area contributed by atoms with E-state index in [9.17, 15) is 4.79 Å². The van der Waals surface area contributed by atoms with Crippen molar-refractivity contribution in [1.29, 1.82) is 0 Å². The van der Waals surface area contributed by atoms with Crippen LogP contribution in [-0.4, -0.2) is 38.1 Å². The number of nitrogens with zero attached hydrogens (tertiary/aromatic N) is 1. The Balaban J connectivity index is 1.96. The molecule has 23 heavy (non-hydrogen) atoms. The summed E-state index contributed by atoms with van der Waals surface area (Å²) in [6.07, 6.45) is 3.40. The molecule has 0 bridgehead atoms. The normalized spacial score (nSPS) is 21.0. The summed E-state index contributed by atoms with van der Waals surface area (Å²) in [6, 6.07) is 8.32. The second kappa shape index (κ2) is 8.92. The Labute approximate surface area is 140 Å². The van der Waals surface area contributed by atoms with Crippen molar-refractivity contribution >= 4 is 11.6 Å². The fourth-order valence-corrected chi connectivity index (χ4v) is 3.12. The number of hydrogen-bond donors (Lipinski definition) is 2. The number of nitrogens with one attached hydrogen (secondary N) is 2. The van der Waals surface area contributed by atoms with Gasteiger partial charge >= 0.3 is 0 Å². The third kappa shape index (κ3) is 4.96. The molecular weight excluding hydrogens is 286 g/mol. The molecule has 0 aromatic heterocycles. The van der Waals surface area contributed by atoms with Crippen LogP contribution in [0.25, 0.3) is 0 Å². The van der Waals surface area contributed by atoms with Crippen molar-refractivity contribution in [3.63, 3.8) is 0 Å². The summed E-state index contributed by atoms with van der Waals surface area (Å²) in [4.78, 5) is 14.8. The summed E-state index contributed by atoms with van der Waals surface area (Å²) < 4.78 is 0. The first kappa shape index (κ1) is 17.8. The van der Waals surface area contributed by atoms with Gasteiger partial charge in [0.25, 0.3) is 5.91 Å². The molecular formula is C19H31N3O. The fourth-order valence-electron chi connectivity index (χ4n) is 3.12. The summed E-state index contributed by atoms with van der Waals surface area (Å²) in [5, 5.41) is 6.55. The van der Waals surface area contributed by atoms with Gasteiger partial charge in [-0.05, 0) is 63.0 Å². The number of amides is 1. The van der Waals surface area contributed by atoms with Gasteiger partial charge in [-0.25, -0.2) is 0 Å². The number of benzene rings is 1. The molecule has 2 rings (SSSR count). The quantitative estimate of drug-likeness (QED) is 0.812. The van der Waals surface area contributed by atoms with E-state index in [1.807, 2.05) is 12.1 Å². The minimum Gasteiger partial charge on any atom is -0.372 e. The van der Waals surface area contributed by atoms with Crippen molar-refractivity contribution in [1.82, 2.24) is 10.6 Å². The Hall–Kier alpha value is -1.55. The highest BCUT2D eigenvalue weighted by Crippen LogP contribution is 2.17. The van der Waals surface area contributed by atoms with Crippen LogP contribution in [0.1, 0.15) is 50.4 Å². The van der Waals surface area contributed by atoms with Gasteiger partial charge < -0.3 is 15.5 Å². The molecule has 1 aliphatic rings. The maximum absolute atomic E-state index is 12.4. The van der Waals surface area contributed by atoms with Crippen LogP contribution in [0.4, 0.5) is 5.69 Å². The van der Waals surface area contributed by atoms with Crippen molar-refractivity contribution < 1.29 is 4.79 Å². The summed E-state index contributed by atoms with van der Waals surface area (Å²) in [6.45, 7) is 10.6. The zero-order valence-electron chi connectivity index (χ0n) is 14.8. The molecule has 0 radical (unpaired) electrons. The van der Waals surface area contributed by atoms with Gasteiger partial charge in [0.05, 0.1) is 0 Å². The Kier molecular flexibility index (Phi) is 6.90. The average Bonchev–Trinajstić information content (AvgIpc) is 2.58. The highest BCUT2D eigenvalue weighted by Gasteiger charge is 2.23. The number of carbonyl (C=O) groups is 1. The molecule has 128 valence electrons. The summed E-state index contributed by atoms with van der Waals surface area (Å²) >= 11 is 0. The molecule has 0 spiro atoms. The van der Waals surface area contributed by atoms with E-state index in [4.69, 9.17) is 0 Å². The van der Waals surface area contributed by atoms with Crippen LogP contribution in [0.15, 0.2) is 24.3 Å². The van der Waals surface area contributed by atoms with Gasteiger partial charge in [0.2, 0.25) is 0 Å². The van der Waals surface area contributed by atoms with Crippen molar-refractivity contribution in [3.05, 3.63) is 29.8 Å². The first-order valence-corrected chi connectivity index (χ1v) is 9.02. The van der Waals surface area contributed by atoms with Crippen LogP contribution in [0.2, 0.25) is 0 Å². The first-order valence-electron chi connectivity index (χ1n) is 9.02. The molecule has 4 nitrogen and oxygen atoms in total. The highest BCUT2D eigenvalue weighted by atomic mass is 16.1. The molecule has 1 aromatic carbocycles. The Morgan fingerprint density at radius 1 is 1.30 bits per heavy atom. The van der Waals surface area contributed by atoms with Crippen molar-refractivity contribution in [2.24, 2.45) is 5.92 Å². The van der Waals surface area contributed by atoms with E-state index in [2.05, 4.69) is 48.4 Å². The van der Waals surface area contributed by atoms with E-state index in [0.717, 1.165) is 38.2 Å². The number of unbranched alkanes of at least 4 members (excludes halogenated alkanes) is 1. The first-order chi connectivity index (χ1) is 11.2. The van der Waals surface area contributed by atoms with Gasteiger partial charge in [-0.2, -0.15) is 0 Å². The van der Waals surface area contributed by atoms with E-state index < -0.39 is 0 Å². The van der Waals surface area contributed by atoms with E-state index >= 15 is 0 Å². The van der Waals surface area contributed by atoms with Gasteiger partial charge in [0, 0.05) is 30.4 Å². The second-order valence-corrected chi connectivity index (χ2v) is 6.53. The van der Waals surface area contributed by atoms with E-state index in [-0.39, 0.29) is 11.9 Å². The molecule has 4 heteroatoms. The molecule has 0 saturated carbocycles. The van der Waals surface area contributed by atoms with Gasteiger partial charge in [-0.15, -0.1) is 0 Å². The minimum absolute atomic E-state index is 0.0481. The summed E-state index contributed by atoms with van der Waals surface area (Å²) in [7, 11) is 0. The maximum atomic E-state index is 12.4. The molecule has 2 atom stereocenters. The lowest BCUT2D eigenvalue weighted by molar-refractivity contribution is 0.0914. The van der Waals surface area contributed by atoms with Crippen molar-refractivity contribution in [3.8, 4) is 0 Å². The molecule has 1 aliphatic heterocycles. The number of carbonyl (C=O) groups excluding carboxylic acids is 1. The molecule has 2 unspecified atom stereocenters. The number of piperidine rings is 1. The van der Waals surface area contributed by atoms with Gasteiger partial charge in [-0.1, -0.05) is 20.3 Å². The molecule has 1 heterocycles. The lowest BCUT2D eigenvalue weighted by Gasteiger charge is -2.30. The fraction of sp³-hybridized carbons (Fsp3) is 0.632. The maximum Gasteiger partial charge on any atom is 0.251 e. The van der Waals surface area contributed by atoms with Gasteiger partial charge in [0.15, 0.2) is 0 Å². The van der Waals surface area contributed by atoms with E-state index in [1.165, 1.54) is 18.5 Å². The Morgan fingerprint density at radius 2 is 2.04 bits per heavy atom. The lowest BCUT2D eigenvalue weighted by atomic mass is 9.95. The zero-order valence-corrected chi connectivity index (χ0v) is 14.8. The number of anilines is 1. The predicted octanol–water partition coefficient (Wildman–Crippen LogP) is 3.04. The van der Waals surface area contributed by atoms with Crippen LogP contribution < -0.4 is 15.5 Å². The third-order valence-corrected chi connectivity index (χ3v) is 4.76. The van der Waals surface area contributed by atoms with Crippen LogP contribution in [0.5, 0.6) is 0 Å². The number of rotatable bonds is 7. The lowest BCUT2D eigenvalue weighted by Crippen LogP contribution is -2.48. The largest absolute Gasteiger partial charge is 0.372 e. The molecule has 1 saturated heterocycles. The monoisotopic (exact) mass is 317 g/mol. The number of hydrogen-bond acceptors (Lipinski definition) is 3. The van der Waals surface area contributed by atoms with Gasteiger partial charge in [0.1, 0.15) is 0 Å². The van der Waals surface area contributed by atoms with Gasteiger partial charge in [-0.3, -0.25) is 4.79 Å². The standard InChI is InChI=1S/C19H31N3O/c1-4-6-13-22(5-2)17-9-7-16(8-10-17)19(23)21-18-11-12-20-14-15(18)3/h7-10,15,18,20H,4-6,11-14H2,1-3H3,(H,21,23). The third-order valence-electron chi connectivity index (χ3n) is 4.76. The Morgan fingerprint density at radius 3 is 2.65 bits per heavy atom. The molecule has 1 fully saturated rings. The van der Waals surface area contributed by atoms with Crippen molar-refractivity contribution in [2.75, 3.05) is 31.1 Å². The zero-order chi connectivity index (χ0) is 16.7. The minimum atomic E-state index is 0.0481. The average molecular weight is 317 g/mol. The molecule has 1 amide bonds. The Bertz CT molecular complexity index is 486. The van der Waals surface area contributed by atoms with Crippen molar-refractivity contribution in [2.45, 2.75) is 46.1 Å². The second-order valence-electron chi connectivity index (χ2n) is 6.53. The SMILES string of the molecule is CCCCN(CC)c1ccc(C(=O)NC2CCNCC2C)cc1. The summed E-state index contributed by atoms with van der Waals surface area (Å²) in [5.74, 6) is 0.531. The highest BCUT2D eigenvalue weighted by molar-refractivity contribution is 5.94. The smallest absolute Gasteiger partial charge is 0.251 e. The van der Waals surface area contributed by atoms with Crippen LogP contribution in [-0.2, 0) is 0 Å². The van der Waals surface area contributed by atoms with Crippen LogP contribution in [0.3, 0.4) is 0 Å². The summed E-state index contributed by atoms with van der Waals surface area (Å²) in [5.41, 5.74) is 1.96. The predicted molar refractivity (Wildman–Crippen MR) is 97.1 cm³/mol. The molecule has 1 aromatic rings.